The molecule has 0 radical (unpaired) electrons. The zero-order valence-electron chi connectivity index (χ0n) is 17.9. The highest BCUT2D eigenvalue weighted by molar-refractivity contribution is 7.09. The van der Waals surface area contributed by atoms with Crippen molar-refractivity contribution in [2.24, 2.45) is 0 Å². The molecule has 7 heteroatoms. The molecule has 0 aliphatic carbocycles. The van der Waals surface area contributed by atoms with Crippen molar-refractivity contribution in [1.82, 2.24) is 15.4 Å². The molecule has 2 aromatic heterocycles. The molecule has 30 heavy (non-hydrogen) atoms. The number of nitrogens with one attached hydrogen (secondary N) is 2. The molecule has 0 fully saturated rings. The molecule has 1 atom stereocenters. The molecule has 2 N–H and O–H groups in total. The fraction of sp³-hybridized carbons (Fsp3) is 0.304. The van der Waals surface area contributed by atoms with Crippen molar-refractivity contribution in [3.63, 3.8) is 0 Å². The largest absolute Gasteiger partial charge is 0.481 e. The van der Waals surface area contributed by atoms with Crippen LogP contribution in [0.3, 0.4) is 0 Å². The van der Waals surface area contributed by atoms with E-state index in [0.29, 0.717) is 11.3 Å². The van der Waals surface area contributed by atoms with Crippen LogP contribution in [0, 0.1) is 27.7 Å². The van der Waals surface area contributed by atoms with Gasteiger partial charge in [-0.15, -0.1) is 11.3 Å². The van der Waals surface area contributed by atoms with Gasteiger partial charge in [-0.3, -0.25) is 20.4 Å². The van der Waals surface area contributed by atoms with Gasteiger partial charge in [0.05, 0.1) is 12.1 Å². The number of nitrogens with zero attached hydrogens (tertiary/aromatic N) is 1. The molecule has 2 amide bonds. The lowest BCUT2D eigenvalue weighted by molar-refractivity contribution is -0.128. The Hall–Kier alpha value is -3.06. The van der Waals surface area contributed by atoms with Crippen LogP contribution >= 0.6 is 11.3 Å². The van der Waals surface area contributed by atoms with E-state index in [4.69, 9.17) is 4.74 Å². The summed E-state index contributed by atoms with van der Waals surface area (Å²) >= 11 is 1.68. The van der Waals surface area contributed by atoms with E-state index in [1.54, 1.807) is 18.3 Å². The van der Waals surface area contributed by atoms with E-state index in [2.05, 4.69) is 21.5 Å². The molecule has 6 nitrogen and oxygen atoms in total. The maximum absolute atomic E-state index is 12.6. The van der Waals surface area contributed by atoms with Crippen molar-refractivity contribution in [3.8, 4) is 5.75 Å². The van der Waals surface area contributed by atoms with Gasteiger partial charge in [0.1, 0.15) is 5.75 Å². The van der Waals surface area contributed by atoms with Gasteiger partial charge in [-0.25, -0.2) is 0 Å². The Kier molecular flexibility index (Phi) is 6.62. The van der Waals surface area contributed by atoms with Crippen molar-refractivity contribution < 1.29 is 14.3 Å². The third-order valence-electron chi connectivity index (χ3n) is 5.24. The SMILES string of the molecule is Cc1cccc(OC(C)C(=O)NNC(=O)c2cc(C)n(Cc3cccs3)c2C)c1C. The van der Waals surface area contributed by atoms with E-state index in [9.17, 15) is 9.59 Å². The quantitative estimate of drug-likeness (QED) is 0.585. The number of hydrogen-bond acceptors (Lipinski definition) is 4. The Morgan fingerprint density at radius 3 is 2.57 bits per heavy atom. The lowest BCUT2D eigenvalue weighted by Crippen LogP contribution is -2.47. The first-order valence-corrected chi connectivity index (χ1v) is 10.7. The molecule has 2 heterocycles. The molecule has 0 aliphatic rings. The van der Waals surface area contributed by atoms with Crippen molar-refractivity contribution in [1.29, 1.82) is 0 Å². The second-order valence-electron chi connectivity index (χ2n) is 7.35. The number of amides is 2. The second-order valence-corrected chi connectivity index (χ2v) is 8.38. The predicted molar refractivity (Wildman–Crippen MR) is 119 cm³/mol. The van der Waals surface area contributed by atoms with E-state index >= 15 is 0 Å². The van der Waals surface area contributed by atoms with Gasteiger partial charge in [0.15, 0.2) is 6.10 Å². The number of thiophene rings is 1. The number of carbonyl (C=O) groups excluding carboxylic acids is 2. The topological polar surface area (TPSA) is 72.4 Å². The summed E-state index contributed by atoms with van der Waals surface area (Å²) in [5.74, 6) is -0.120. The molecule has 0 bridgehead atoms. The lowest BCUT2D eigenvalue weighted by Gasteiger charge is -2.17. The summed E-state index contributed by atoms with van der Waals surface area (Å²) in [5, 5.41) is 2.04. The van der Waals surface area contributed by atoms with Gasteiger partial charge in [-0.05, 0) is 69.3 Å². The van der Waals surface area contributed by atoms with Gasteiger partial charge in [-0.1, -0.05) is 18.2 Å². The van der Waals surface area contributed by atoms with Gasteiger partial charge in [0.25, 0.3) is 11.8 Å². The molecule has 3 aromatic rings. The Bertz CT molecular complexity index is 1050. The van der Waals surface area contributed by atoms with Gasteiger partial charge in [0.2, 0.25) is 0 Å². The number of aryl methyl sites for hydroxylation is 2. The van der Waals surface area contributed by atoms with Crippen LogP contribution in [0.2, 0.25) is 0 Å². The molecule has 3 rings (SSSR count). The lowest BCUT2D eigenvalue weighted by atomic mass is 10.1. The maximum atomic E-state index is 12.6. The molecular weight excluding hydrogens is 398 g/mol. The highest BCUT2D eigenvalue weighted by atomic mass is 32.1. The van der Waals surface area contributed by atoms with Crippen molar-refractivity contribution in [3.05, 3.63) is 74.7 Å². The first-order chi connectivity index (χ1) is 14.3. The minimum Gasteiger partial charge on any atom is -0.481 e. The van der Waals surface area contributed by atoms with Crippen molar-refractivity contribution in [2.75, 3.05) is 0 Å². The van der Waals surface area contributed by atoms with Crippen molar-refractivity contribution >= 4 is 23.2 Å². The minimum absolute atomic E-state index is 0.354. The predicted octanol–water partition coefficient (Wildman–Crippen LogP) is 4.06. The minimum atomic E-state index is -0.753. The van der Waals surface area contributed by atoms with Crippen LogP contribution in [0.5, 0.6) is 5.75 Å². The van der Waals surface area contributed by atoms with Gasteiger partial charge in [-0.2, -0.15) is 0 Å². The van der Waals surface area contributed by atoms with E-state index in [-0.39, 0.29) is 5.91 Å². The van der Waals surface area contributed by atoms with E-state index in [0.717, 1.165) is 29.1 Å². The van der Waals surface area contributed by atoms with Crippen LogP contribution in [0.4, 0.5) is 0 Å². The monoisotopic (exact) mass is 425 g/mol. The fourth-order valence-electron chi connectivity index (χ4n) is 3.22. The standard InChI is InChI=1S/C23H27N3O3S/c1-14-8-6-10-21(16(14)3)29-18(5)22(27)24-25-23(28)20-12-15(2)26(17(20)4)13-19-9-7-11-30-19/h6-12,18H,13H2,1-5H3,(H,24,27)(H,25,28). The highest BCUT2D eigenvalue weighted by Gasteiger charge is 2.20. The summed E-state index contributed by atoms with van der Waals surface area (Å²) in [6.45, 7) is 10.2. The first kappa shape index (κ1) is 21.6. The fourth-order valence-corrected chi connectivity index (χ4v) is 3.91. The number of hydrogen-bond donors (Lipinski definition) is 2. The second kappa shape index (κ2) is 9.17. The Labute approximate surface area is 180 Å². The molecule has 1 unspecified atom stereocenters. The summed E-state index contributed by atoms with van der Waals surface area (Å²) < 4.78 is 7.86. The average Bonchev–Trinajstić information content (AvgIpc) is 3.33. The summed E-state index contributed by atoms with van der Waals surface area (Å²) in [5.41, 5.74) is 9.42. The zero-order valence-corrected chi connectivity index (χ0v) is 18.7. The summed E-state index contributed by atoms with van der Waals surface area (Å²) in [7, 11) is 0. The van der Waals surface area contributed by atoms with Crippen LogP contribution in [0.25, 0.3) is 0 Å². The third kappa shape index (κ3) is 4.74. The van der Waals surface area contributed by atoms with Gasteiger partial charge < -0.3 is 9.30 Å². The Morgan fingerprint density at radius 1 is 1.10 bits per heavy atom. The Balaban J connectivity index is 1.61. The molecule has 0 aliphatic heterocycles. The van der Waals surface area contributed by atoms with Crippen LogP contribution in [0.15, 0.2) is 41.8 Å². The normalized spacial score (nSPS) is 11.8. The summed E-state index contributed by atoms with van der Waals surface area (Å²) in [6.07, 6.45) is -0.753. The number of hydrazine groups is 1. The van der Waals surface area contributed by atoms with E-state index in [1.807, 2.05) is 63.4 Å². The van der Waals surface area contributed by atoms with Crippen molar-refractivity contribution in [2.45, 2.75) is 47.3 Å². The van der Waals surface area contributed by atoms with Gasteiger partial charge in [0, 0.05) is 16.3 Å². The highest BCUT2D eigenvalue weighted by Crippen LogP contribution is 2.22. The molecule has 0 saturated heterocycles. The molecule has 0 saturated carbocycles. The maximum Gasteiger partial charge on any atom is 0.279 e. The number of rotatable bonds is 6. The van der Waals surface area contributed by atoms with E-state index in [1.165, 1.54) is 4.88 Å². The Morgan fingerprint density at radius 2 is 1.87 bits per heavy atom. The van der Waals surface area contributed by atoms with Crippen LogP contribution < -0.4 is 15.6 Å². The smallest absolute Gasteiger partial charge is 0.279 e. The number of carbonyl (C=O) groups is 2. The number of ether oxygens (including phenoxy) is 1. The summed E-state index contributed by atoms with van der Waals surface area (Å²) in [4.78, 5) is 26.3. The van der Waals surface area contributed by atoms with Crippen LogP contribution in [-0.2, 0) is 11.3 Å². The zero-order chi connectivity index (χ0) is 21.8. The third-order valence-corrected chi connectivity index (χ3v) is 6.10. The average molecular weight is 426 g/mol. The van der Waals surface area contributed by atoms with Crippen LogP contribution in [0.1, 0.15) is 44.7 Å². The first-order valence-electron chi connectivity index (χ1n) is 9.80. The van der Waals surface area contributed by atoms with Gasteiger partial charge >= 0.3 is 0 Å². The van der Waals surface area contributed by atoms with E-state index < -0.39 is 12.0 Å². The number of aromatic nitrogens is 1. The molecule has 0 spiro atoms. The molecule has 1 aromatic carbocycles. The molecular formula is C23H27N3O3S. The number of benzene rings is 1. The molecule has 158 valence electrons. The summed E-state index contributed by atoms with van der Waals surface area (Å²) in [6, 6.07) is 11.6. The van der Waals surface area contributed by atoms with Crippen LogP contribution in [-0.4, -0.2) is 22.5 Å².